The van der Waals surface area contributed by atoms with Crippen molar-refractivity contribution < 1.29 is 17.2 Å². The second kappa shape index (κ2) is 19.2. The monoisotopic (exact) mass is 530 g/mol. The van der Waals surface area contributed by atoms with E-state index in [1.807, 2.05) is 19.3 Å². The molecular formula is C32H52NO3S+. The van der Waals surface area contributed by atoms with Crippen LogP contribution in [0.4, 0.5) is 0 Å². The molecule has 1 aromatic heterocycles. The van der Waals surface area contributed by atoms with Gasteiger partial charge >= 0.3 is 10.1 Å². The lowest BCUT2D eigenvalue weighted by Gasteiger charge is -2.07. The summed E-state index contributed by atoms with van der Waals surface area (Å²) >= 11 is 0. The molecule has 0 saturated heterocycles. The maximum absolute atomic E-state index is 12.4. The fraction of sp³-hybridized carbons (Fsp3) is 0.656. The van der Waals surface area contributed by atoms with Gasteiger partial charge in [-0.15, -0.1) is 0 Å². The summed E-state index contributed by atoms with van der Waals surface area (Å²) < 4.78 is 32.2. The zero-order chi connectivity index (χ0) is 26.6. The van der Waals surface area contributed by atoms with Crippen molar-refractivity contribution in [2.75, 3.05) is 0 Å². The van der Waals surface area contributed by atoms with Crippen molar-refractivity contribution in [3.63, 3.8) is 0 Å². The van der Waals surface area contributed by atoms with E-state index in [0.29, 0.717) is 5.75 Å². The molecule has 208 valence electrons. The summed E-state index contributed by atoms with van der Waals surface area (Å²) in [5.41, 5.74) is 1.01. The Morgan fingerprint density at radius 3 is 1.43 bits per heavy atom. The Hall–Kier alpha value is -1.88. The largest absolute Gasteiger partial charge is 0.378 e. The number of pyridine rings is 1. The van der Waals surface area contributed by atoms with Gasteiger partial charge in [0.2, 0.25) is 0 Å². The average molecular weight is 531 g/mol. The third-order valence-electron chi connectivity index (χ3n) is 7.15. The van der Waals surface area contributed by atoms with Gasteiger partial charge in [-0.3, -0.25) is 0 Å². The summed E-state index contributed by atoms with van der Waals surface area (Å²) in [7, 11) is -3.80. The van der Waals surface area contributed by atoms with Gasteiger partial charge in [-0.25, -0.2) is 4.57 Å². The smallest absolute Gasteiger partial charge is 0.339 e. The topological polar surface area (TPSA) is 47.2 Å². The van der Waals surface area contributed by atoms with Crippen LogP contribution in [-0.2, 0) is 16.7 Å². The van der Waals surface area contributed by atoms with Crippen molar-refractivity contribution in [3.05, 3.63) is 54.4 Å². The molecule has 1 aromatic carbocycles. The molecule has 0 aliphatic carbocycles. The lowest BCUT2D eigenvalue weighted by molar-refractivity contribution is -0.697. The molecule has 4 nitrogen and oxygen atoms in total. The molecule has 1 heterocycles. The molecule has 2 aromatic rings. The van der Waals surface area contributed by atoms with E-state index in [4.69, 9.17) is 4.18 Å². The maximum Gasteiger partial charge on any atom is 0.339 e. The molecule has 0 radical (unpaired) electrons. The number of aromatic nitrogens is 1. The summed E-state index contributed by atoms with van der Waals surface area (Å²) in [5.74, 6) is 0.342. The summed E-state index contributed by atoms with van der Waals surface area (Å²) in [6, 6.07) is 10.1. The van der Waals surface area contributed by atoms with Gasteiger partial charge in [0, 0.05) is 18.6 Å². The second-order valence-corrected chi connectivity index (χ2v) is 12.2. The zero-order valence-corrected chi connectivity index (χ0v) is 24.5. The Kier molecular flexibility index (Phi) is 16.3. The number of aryl methyl sites for hydroxylation is 2. The van der Waals surface area contributed by atoms with Crippen LogP contribution in [0.3, 0.4) is 0 Å². The van der Waals surface area contributed by atoms with Crippen molar-refractivity contribution in [2.24, 2.45) is 0 Å². The molecule has 0 saturated carbocycles. The Bertz CT molecular complexity index is 924. The van der Waals surface area contributed by atoms with Crippen LogP contribution in [0.1, 0.15) is 128 Å². The number of unbranched alkanes of at least 4 members (excludes halogenated alkanes) is 17. The van der Waals surface area contributed by atoms with E-state index in [0.717, 1.165) is 18.5 Å². The van der Waals surface area contributed by atoms with Gasteiger partial charge < -0.3 is 4.18 Å². The third kappa shape index (κ3) is 14.6. The van der Waals surface area contributed by atoms with Crippen molar-refractivity contribution in [1.82, 2.24) is 0 Å². The fourth-order valence-corrected chi connectivity index (χ4v) is 5.65. The number of nitrogens with zero attached hydrogens (tertiary/aromatic N) is 1. The van der Waals surface area contributed by atoms with Crippen LogP contribution >= 0.6 is 0 Å². The van der Waals surface area contributed by atoms with E-state index in [2.05, 4.69) is 11.5 Å². The van der Waals surface area contributed by atoms with Gasteiger partial charge in [-0.1, -0.05) is 127 Å². The van der Waals surface area contributed by atoms with Crippen LogP contribution in [0.2, 0.25) is 0 Å². The Labute approximate surface area is 228 Å². The Morgan fingerprint density at radius 2 is 1.00 bits per heavy atom. The highest BCUT2D eigenvalue weighted by molar-refractivity contribution is 7.87. The SMILES string of the molecule is CCCCCCCCCCCCCCCCCCCC[n+]1ccc(OS(=O)(=O)c2ccc(C)cc2)cc1. The lowest BCUT2D eigenvalue weighted by atomic mass is 10.0. The predicted octanol–water partition coefficient (Wildman–Crippen LogP) is 9.09. The highest BCUT2D eigenvalue weighted by Gasteiger charge is 2.17. The Morgan fingerprint density at radius 1 is 0.595 bits per heavy atom. The minimum Gasteiger partial charge on any atom is -0.378 e. The number of hydrogen-bond acceptors (Lipinski definition) is 3. The van der Waals surface area contributed by atoms with E-state index < -0.39 is 10.1 Å². The average Bonchev–Trinajstić information content (AvgIpc) is 2.89. The van der Waals surface area contributed by atoms with Crippen LogP contribution < -0.4 is 8.75 Å². The fourth-order valence-electron chi connectivity index (χ4n) is 4.72. The van der Waals surface area contributed by atoms with Crippen molar-refractivity contribution >= 4 is 10.1 Å². The standard InChI is InChI=1S/C32H52NO3S/c1-3-4-5-6-7-8-9-10-11-12-13-14-15-16-17-18-19-20-27-33-28-25-31(26-29-33)36-37(34,35)32-23-21-30(2)22-24-32/h21-26,28-29H,3-20,27H2,1-2H3/q+1. The molecule has 0 unspecified atom stereocenters. The minimum absolute atomic E-state index is 0.175. The van der Waals surface area contributed by atoms with E-state index >= 15 is 0 Å². The van der Waals surface area contributed by atoms with Gasteiger partial charge in [0.05, 0.1) is 0 Å². The summed E-state index contributed by atoms with van der Waals surface area (Å²) in [4.78, 5) is 0.175. The van der Waals surface area contributed by atoms with Crippen LogP contribution in [0.5, 0.6) is 5.75 Å². The molecule has 5 heteroatoms. The lowest BCUT2D eigenvalue weighted by Crippen LogP contribution is -2.32. The first-order valence-electron chi connectivity index (χ1n) is 15.0. The normalized spacial score (nSPS) is 11.6. The van der Waals surface area contributed by atoms with Crippen LogP contribution in [0.15, 0.2) is 53.7 Å². The van der Waals surface area contributed by atoms with Crippen molar-refractivity contribution in [3.8, 4) is 5.75 Å². The van der Waals surface area contributed by atoms with Crippen molar-refractivity contribution in [2.45, 2.75) is 141 Å². The minimum atomic E-state index is -3.80. The molecule has 0 bridgehead atoms. The first-order valence-corrected chi connectivity index (χ1v) is 16.4. The molecule has 2 rings (SSSR count). The summed E-state index contributed by atoms with van der Waals surface area (Å²) in [6.07, 6.45) is 28.7. The van der Waals surface area contributed by atoms with Crippen LogP contribution in [0, 0.1) is 6.92 Å². The second-order valence-electron chi connectivity index (χ2n) is 10.6. The highest BCUT2D eigenvalue weighted by Crippen LogP contribution is 2.18. The number of rotatable bonds is 22. The van der Waals surface area contributed by atoms with Gasteiger partial charge in [0.1, 0.15) is 11.4 Å². The molecule has 0 atom stereocenters. The maximum atomic E-state index is 12.4. The molecule has 0 aliphatic rings. The van der Waals surface area contributed by atoms with E-state index in [1.165, 1.54) is 109 Å². The first kappa shape index (κ1) is 31.3. The summed E-state index contributed by atoms with van der Waals surface area (Å²) in [5, 5.41) is 0. The van der Waals surface area contributed by atoms with Crippen LogP contribution in [0.25, 0.3) is 0 Å². The molecule has 0 fully saturated rings. The predicted molar refractivity (Wildman–Crippen MR) is 154 cm³/mol. The molecule has 37 heavy (non-hydrogen) atoms. The summed E-state index contributed by atoms with van der Waals surface area (Å²) in [6.45, 7) is 5.16. The zero-order valence-electron chi connectivity index (χ0n) is 23.6. The molecule has 0 amide bonds. The van der Waals surface area contributed by atoms with E-state index in [9.17, 15) is 8.42 Å². The third-order valence-corrected chi connectivity index (χ3v) is 8.41. The van der Waals surface area contributed by atoms with Gasteiger partial charge in [0.25, 0.3) is 0 Å². The highest BCUT2D eigenvalue weighted by atomic mass is 32.2. The van der Waals surface area contributed by atoms with Gasteiger partial charge in [-0.2, -0.15) is 8.42 Å². The van der Waals surface area contributed by atoms with E-state index in [1.54, 1.807) is 36.4 Å². The first-order chi connectivity index (χ1) is 18.0. The molecule has 0 N–H and O–H groups in total. The van der Waals surface area contributed by atoms with Crippen molar-refractivity contribution in [1.29, 1.82) is 0 Å². The van der Waals surface area contributed by atoms with Gasteiger partial charge in [0.15, 0.2) is 18.1 Å². The van der Waals surface area contributed by atoms with E-state index in [-0.39, 0.29) is 4.90 Å². The molecule has 0 aliphatic heterocycles. The molecular weight excluding hydrogens is 478 g/mol. The molecule has 0 spiro atoms. The Balaban J connectivity index is 1.42. The number of benzene rings is 1. The van der Waals surface area contributed by atoms with Crippen LogP contribution in [-0.4, -0.2) is 8.42 Å². The quantitative estimate of drug-likeness (QED) is 0.0866. The number of hydrogen-bond donors (Lipinski definition) is 0. The van der Waals surface area contributed by atoms with Gasteiger partial charge in [-0.05, 0) is 25.5 Å².